The number of benzene rings is 1. The van der Waals surface area contributed by atoms with Crippen LogP contribution in [0.2, 0.25) is 0 Å². The lowest BCUT2D eigenvalue weighted by Crippen LogP contribution is -2.29. The normalized spacial score (nSPS) is 26.9. The van der Waals surface area contributed by atoms with Crippen LogP contribution in [0.3, 0.4) is 0 Å². The van der Waals surface area contributed by atoms with Crippen LogP contribution in [0.1, 0.15) is 44.1 Å². The summed E-state index contributed by atoms with van der Waals surface area (Å²) < 4.78 is 5.16. The number of rotatable bonds is 4. The SMILES string of the molecule is CCC1CCC(C(=O)O)C(c2ccc(OC)cc2)C1. The zero-order valence-electron chi connectivity index (χ0n) is 11.6. The Morgan fingerprint density at radius 3 is 2.53 bits per heavy atom. The molecule has 1 aromatic carbocycles. The van der Waals surface area contributed by atoms with Crippen molar-refractivity contribution in [1.29, 1.82) is 0 Å². The van der Waals surface area contributed by atoms with Gasteiger partial charge in [0, 0.05) is 0 Å². The molecule has 3 nitrogen and oxygen atoms in total. The molecule has 0 saturated heterocycles. The quantitative estimate of drug-likeness (QED) is 0.900. The molecule has 0 bridgehead atoms. The fourth-order valence-electron chi connectivity index (χ4n) is 3.14. The molecule has 1 aliphatic carbocycles. The molecule has 1 N–H and O–H groups in total. The second kappa shape index (κ2) is 6.09. The average Bonchev–Trinajstić information content (AvgIpc) is 2.46. The highest BCUT2D eigenvalue weighted by molar-refractivity contribution is 5.71. The van der Waals surface area contributed by atoms with Crippen LogP contribution in [0, 0.1) is 11.8 Å². The zero-order valence-corrected chi connectivity index (χ0v) is 11.6. The van der Waals surface area contributed by atoms with Gasteiger partial charge in [-0.25, -0.2) is 0 Å². The minimum atomic E-state index is -0.657. The minimum Gasteiger partial charge on any atom is -0.497 e. The van der Waals surface area contributed by atoms with Gasteiger partial charge >= 0.3 is 5.97 Å². The largest absolute Gasteiger partial charge is 0.497 e. The molecule has 3 atom stereocenters. The van der Waals surface area contributed by atoms with Gasteiger partial charge in [-0.1, -0.05) is 25.5 Å². The van der Waals surface area contributed by atoms with E-state index in [0.29, 0.717) is 5.92 Å². The monoisotopic (exact) mass is 262 g/mol. The zero-order chi connectivity index (χ0) is 13.8. The molecular weight excluding hydrogens is 240 g/mol. The van der Waals surface area contributed by atoms with Gasteiger partial charge < -0.3 is 9.84 Å². The summed E-state index contributed by atoms with van der Waals surface area (Å²) in [6.07, 6.45) is 3.96. The molecular formula is C16H22O3. The molecule has 104 valence electrons. The average molecular weight is 262 g/mol. The number of carboxylic acid groups (broad SMARTS) is 1. The predicted molar refractivity (Wildman–Crippen MR) is 74.5 cm³/mol. The van der Waals surface area contributed by atoms with Crippen molar-refractivity contribution in [1.82, 2.24) is 0 Å². The molecule has 0 aliphatic heterocycles. The molecule has 0 heterocycles. The highest BCUT2D eigenvalue weighted by Crippen LogP contribution is 2.42. The van der Waals surface area contributed by atoms with Crippen LogP contribution >= 0.6 is 0 Å². The molecule has 0 amide bonds. The summed E-state index contributed by atoms with van der Waals surface area (Å²) in [5.74, 6) is 0.717. The van der Waals surface area contributed by atoms with Crippen molar-refractivity contribution in [2.24, 2.45) is 11.8 Å². The van der Waals surface area contributed by atoms with Crippen LogP contribution < -0.4 is 4.74 Å². The van der Waals surface area contributed by atoms with Crippen LogP contribution in [-0.4, -0.2) is 18.2 Å². The van der Waals surface area contributed by atoms with Crippen LogP contribution in [-0.2, 0) is 4.79 Å². The summed E-state index contributed by atoms with van der Waals surface area (Å²) >= 11 is 0. The van der Waals surface area contributed by atoms with Crippen molar-refractivity contribution in [3.63, 3.8) is 0 Å². The van der Waals surface area contributed by atoms with E-state index in [1.165, 1.54) is 0 Å². The third-order valence-corrected chi connectivity index (χ3v) is 4.40. The van der Waals surface area contributed by atoms with Gasteiger partial charge in [0.1, 0.15) is 5.75 Å². The first-order chi connectivity index (χ1) is 9.15. The third kappa shape index (κ3) is 3.09. The van der Waals surface area contributed by atoms with Crippen LogP contribution in [0.25, 0.3) is 0 Å². The summed E-state index contributed by atoms with van der Waals surface area (Å²) in [6, 6.07) is 7.86. The topological polar surface area (TPSA) is 46.5 Å². The Balaban J connectivity index is 2.22. The van der Waals surface area contributed by atoms with E-state index >= 15 is 0 Å². The number of aliphatic carboxylic acids is 1. The molecule has 2 rings (SSSR count). The van der Waals surface area contributed by atoms with E-state index in [2.05, 4.69) is 6.92 Å². The van der Waals surface area contributed by atoms with E-state index in [1.807, 2.05) is 24.3 Å². The first-order valence-corrected chi connectivity index (χ1v) is 7.02. The van der Waals surface area contributed by atoms with E-state index in [0.717, 1.165) is 37.0 Å². The molecule has 19 heavy (non-hydrogen) atoms. The summed E-state index contributed by atoms with van der Waals surface area (Å²) in [6.45, 7) is 2.19. The van der Waals surface area contributed by atoms with Crippen molar-refractivity contribution in [3.8, 4) is 5.75 Å². The molecule has 3 unspecified atom stereocenters. The summed E-state index contributed by atoms with van der Waals surface area (Å²) in [5.41, 5.74) is 1.13. The van der Waals surface area contributed by atoms with E-state index in [4.69, 9.17) is 4.74 Å². The molecule has 0 spiro atoms. The van der Waals surface area contributed by atoms with E-state index in [9.17, 15) is 9.90 Å². The predicted octanol–water partition coefficient (Wildman–Crippen LogP) is 3.69. The Bertz CT molecular complexity index is 424. The van der Waals surface area contributed by atoms with Gasteiger partial charge in [-0.15, -0.1) is 0 Å². The second-order valence-electron chi connectivity index (χ2n) is 5.41. The van der Waals surface area contributed by atoms with E-state index < -0.39 is 5.97 Å². The number of hydrogen-bond acceptors (Lipinski definition) is 2. The van der Waals surface area contributed by atoms with Gasteiger partial charge in [0.05, 0.1) is 13.0 Å². The first kappa shape index (κ1) is 13.9. The summed E-state index contributed by atoms with van der Waals surface area (Å²) in [4.78, 5) is 11.4. The van der Waals surface area contributed by atoms with Crippen LogP contribution in [0.5, 0.6) is 5.75 Å². The molecule has 3 heteroatoms. The maximum atomic E-state index is 11.4. The Morgan fingerprint density at radius 2 is 2.00 bits per heavy atom. The molecule has 1 aromatic rings. The van der Waals surface area contributed by atoms with Crippen molar-refractivity contribution < 1.29 is 14.6 Å². The fraction of sp³-hybridized carbons (Fsp3) is 0.562. The highest BCUT2D eigenvalue weighted by Gasteiger charge is 2.35. The summed E-state index contributed by atoms with van der Waals surface area (Å²) in [7, 11) is 1.64. The van der Waals surface area contributed by atoms with Crippen LogP contribution in [0.4, 0.5) is 0 Å². The van der Waals surface area contributed by atoms with Crippen molar-refractivity contribution in [3.05, 3.63) is 29.8 Å². The van der Waals surface area contributed by atoms with Gasteiger partial charge in [0.25, 0.3) is 0 Å². The molecule has 0 radical (unpaired) electrons. The third-order valence-electron chi connectivity index (χ3n) is 4.40. The van der Waals surface area contributed by atoms with Gasteiger partial charge in [-0.05, 0) is 48.8 Å². The standard InChI is InChI=1S/C16H22O3/c1-3-11-4-9-14(16(17)18)15(10-11)12-5-7-13(19-2)8-6-12/h5-8,11,14-15H,3-4,9-10H2,1-2H3,(H,17,18). The van der Waals surface area contributed by atoms with Gasteiger partial charge in [-0.3, -0.25) is 4.79 Å². The van der Waals surface area contributed by atoms with Crippen molar-refractivity contribution in [2.75, 3.05) is 7.11 Å². The lowest BCUT2D eigenvalue weighted by atomic mass is 9.70. The Morgan fingerprint density at radius 1 is 1.32 bits per heavy atom. The van der Waals surface area contributed by atoms with Crippen LogP contribution in [0.15, 0.2) is 24.3 Å². The van der Waals surface area contributed by atoms with Gasteiger partial charge in [-0.2, -0.15) is 0 Å². The highest BCUT2D eigenvalue weighted by atomic mass is 16.5. The minimum absolute atomic E-state index is 0.141. The number of carbonyl (C=O) groups is 1. The van der Waals surface area contributed by atoms with E-state index in [-0.39, 0.29) is 11.8 Å². The number of methoxy groups -OCH3 is 1. The van der Waals surface area contributed by atoms with Gasteiger partial charge in [0.15, 0.2) is 0 Å². The molecule has 1 fully saturated rings. The number of ether oxygens (including phenoxy) is 1. The Kier molecular flexibility index (Phi) is 4.46. The molecule has 0 aromatic heterocycles. The smallest absolute Gasteiger partial charge is 0.307 e. The maximum Gasteiger partial charge on any atom is 0.307 e. The van der Waals surface area contributed by atoms with Crippen molar-refractivity contribution in [2.45, 2.75) is 38.5 Å². The second-order valence-corrected chi connectivity index (χ2v) is 5.41. The summed E-state index contributed by atoms with van der Waals surface area (Å²) in [5, 5.41) is 9.41. The van der Waals surface area contributed by atoms with E-state index in [1.54, 1.807) is 7.11 Å². The van der Waals surface area contributed by atoms with Gasteiger partial charge in [0.2, 0.25) is 0 Å². The first-order valence-electron chi connectivity index (χ1n) is 7.02. The lowest BCUT2D eigenvalue weighted by Gasteiger charge is -2.34. The number of hydrogen-bond donors (Lipinski definition) is 1. The lowest BCUT2D eigenvalue weighted by molar-refractivity contribution is -0.143. The fourth-order valence-corrected chi connectivity index (χ4v) is 3.14. The maximum absolute atomic E-state index is 11.4. The van der Waals surface area contributed by atoms with Crippen molar-refractivity contribution >= 4 is 5.97 Å². The molecule has 1 saturated carbocycles. The molecule has 1 aliphatic rings. The Hall–Kier alpha value is -1.51. The number of carboxylic acids is 1. The Labute approximate surface area is 114 Å².